The molecule has 0 aliphatic heterocycles. The minimum atomic E-state index is 0.886. The van der Waals surface area contributed by atoms with Crippen molar-refractivity contribution in [2.45, 2.75) is 60.3 Å². The van der Waals surface area contributed by atoms with Crippen LogP contribution < -0.4 is 0 Å². The molecule has 1 heterocycles. The number of aryl methyl sites for hydroxylation is 3. The van der Waals surface area contributed by atoms with Crippen molar-refractivity contribution in [3.05, 3.63) is 23.3 Å². The molecule has 86 valence electrons. The molecule has 0 atom stereocenters. The fourth-order valence-corrected chi connectivity index (χ4v) is 1.42. The molecule has 2 nitrogen and oxygen atoms in total. The zero-order valence-electron chi connectivity index (χ0n) is 10.8. The minimum absolute atomic E-state index is 0.886. The van der Waals surface area contributed by atoms with Crippen LogP contribution in [0.5, 0.6) is 0 Å². The Labute approximate surface area is 94.2 Å². The van der Waals surface area contributed by atoms with E-state index in [1.807, 2.05) is 27.0 Å². The van der Waals surface area contributed by atoms with Crippen LogP contribution >= 0.6 is 0 Å². The zero-order chi connectivity index (χ0) is 11.7. The molecule has 0 spiro atoms. The summed E-state index contributed by atoms with van der Waals surface area (Å²) in [5.41, 5.74) is 2.55. The van der Waals surface area contributed by atoms with Crippen LogP contribution in [0.4, 0.5) is 0 Å². The van der Waals surface area contributed by atoms with E-state index in [9.17, 15) is 0 Å². The molecule has 0 saturated carbocycles. The van der Waals surface area contributed by atoms with Crippen LogP contribution in [0.1, 0.15) is 57.6 Å². The third-order valence-electron chi connectivity index (χ3n) is 2.21. The van der Waals surface area contributed by atoms with Gasteiger partial charge in [-0.1, -0.05) is 34.1 Å². The standard InChI is InChI=1S/C11H18N2.C2H6/c1-4-6-7-10-8-12-9(3)13-11(10)5-2;1-2/h8H,4-7H2,1-3H3;1-2H3. The minimum Gasteiger partial charge on any atom is -0.241 e. The second-order valence-electron chi connectivity index (χ2n) is 3.35. The van der Waals surface area contributed by atoms with Gasteiger partial charge in [0.15, 0.2) is 0 Å². The second kappa shape index (κ2) is 8.39. The summed E-state index contributed by atoms with van der Waals surface area (Å²) in [6, 6.07) is 0. The van der Waals surface area contributed by atoms with Gasteiger partial charge in [0.1, 0.15) is 5.82 Å². The topological polar surface area (TPSA) is 25.8 Å². The largest absolute Gasteiger partial charge is 0.241 e. The highest BCUT2D eigenvalue weighted by Crippen LogP contribution is 2.09. The van der Waals surface area contributed by atoms with Gasteiger partial charge >= 0.3 is 0 Å². The van der Waals surface area contributed by atoms with Crippen LogP contribution in [0.25, 0.3) is 0 Å². The summed E-state index contributed by atoms with van der Waals surface area (Å²) in [6.45, 7) is 10.3. The Balaban J connectivity index is 0.000000921. The molecule has 0 N–H and O–H groups in total. The first-order valence-corrected chi connectivity index (χ1v) is 6.09. The van der Waals surface area contributed by atoms with Crippen LogP contribution in [0.2, 0.25) is 0 Å². The quantitative estimate of drug-likeness (QED) is 0.753. The maximum Gasteiger partial charge on any atom is 0.125 e. The molecule has 0 aromatic carbocycles. The van der Waals surface area contributed by atoms with E-state index in [1.54, 1.807) is 0 Å². The molecular weight excluding hydrogens is 184 g/mol. The van der Waals surface area contributed by atoms with E-state index < -0.39 is 0 Å². The lowest BCUT2D eigenvalue weighted by Gasteiger charge is -2.05. The molecule has 0 aliphatic carbocycles. The number of hydrogen-bond donors (Lipinski definition) is 0. The first-order chi connectivity index (χ1) is 7.27. The molecule has 1 aromatic heterocycles. The van der Waals surface area contributed by atoms with Crippen molar-refractivity contribution in [3.8, 4) is 0 Å². The summed E-state index contributed by atoms with van der Waals surface area (Å²) in [5, 5.41) is 0. The SMILES string of the molecule is CC.CCCCc1cnc(C)nc1CC. The summed E-state index contributed by atoms with van der Waals surface area (Å²) in [6.07, 6.45) is 6.59. The van der Waals surface area contributed by atoms with Crippen molar-refractivity contribution in [3.63, 3.8) is 0 Å². The molecule has 0 amide bonds. The average molecular weight is 208 g/mol. The first-order valence-electron chi connectivity index (χ1n) is 6.09. The van der Waals surface area contributed by atoms with Crippen LogP contribution in [-0.2, 0) is 12.8 Å². The number of nitrogens with zero attached hydrogens (tertiary/aromatic N) is 2. The molecule has 1 aromatic rings. The molecule has 0 saturated heterocycles. The Bertz CT molecular complexity index is 269. The van der Waals surface area contributed by atoms with E-state index in [4.69, 9.17) is 0 Å². The molecule has 0 bridgehead atoms. The van der Waals surface area contributed by atoms with Gasteiger partial charge in [-0.3, -0.25) is 0 Å². The Morgan fingerprint density at radius 1 is 1.20 bits per heavy atom. The van der Waals surface area contributed by atoms with E-state index in [1.165, 1.54) is 24.1 Å². The molecule has 2 heteroatoms. The fraction of sp³-hybridized carbons (Fsp3) is 0.692. The molecule has 0 fully saturated rings. The van der Waals surface area contributed by atoms with Crippen LogP contribution in [0.3, 0.4) is 0 Å². The van der Waals surface area contributed by atoms with Crippen LogP contribution in [-0.4, -0.2) is 9.97 Å². The second-order valence-corrected chi connectivity index (χ2v) is 3.35. The van der Waals surface area contributed by atoms with Gasteiger partial charge in [-0.25, -0.2) is 9.97 Å². The predicted octanol–water partition coefficient (Wildman–Crippen LogP) is 3.72. The van der Waals surface area contributed by atoms with Crippen molar-refractivity contribution in [1.82, 2.24) is 9.97 Å². The maximum absolute atomic E-state index is 4.43. The van der Waals surface area contributed by atoms with Crippen molar-refractivity contribution in [1.29, 1.82) is 0 Å². The summed E-state index contributed by atoms with van der Waals surface area (Å²) >= 11 is 0. The molecule has 0 unspecified atom stereocenters. The average Bonchev–Trinajstić information content (AvgIpc) is 2.30. The Hall–Kier alpha value is -0.920. The molecule has 0 aliphatic rings. The van der Waals surface area contributed by atoms with Crippen molar-refractivity contribution >= 4 is 0 Å². The lowest BCUT2D eigenvalue weighted by molar-refractivity contribution is 0.769. The van der Waals surface area contributed by atoms with Crippen molar-refractivity contribution in [2.75, 3.05) is 0 Å². The van der Waals surface area contributed by atoms with Gasteiger partial charge in [-0.05, 0) is 31.7 Å². The van der Waals surface area contributed by atoms with E-state index in [-0.39, 0.29) is 0 Å². The highest BCUT2D eigenvalue weighted by Gasteiger charge is 2.02. The van der Waals surface area contributed by atoms with Gasteiger partial charge in [0.05, 0.1) is 0 Å². The summed E-state index contributed by atoms with van der Waals surface area (Å²) in [7, 11) is 0. The molecular formula is C13H24N2. The lowest BCUT2D eigenvalue weighted by atomic mass is 10.1. The third-order valence-corrected chi connectivity index (χ3v) is 2.21. The molecule has 0 radical (unpaired) electrons. The van der Waals surface area contributed by atoms with E-state index in [2.05, 4.69) is 23.8 Å². The molecule has 15 heavy (non-hydrogen) atoms. The third kappa shape index (κ3) is 4.91. The van der Waals surface area contributed by atoms with Gasteiger partial charge < -0.3 is 0 Å². The zero-order valence-corrected chi connectivity index (χ0v) is 10.8. The Morgan fingerprint density at radius 3 is 2.40 bits per heavy atom. The van der Waals surface area contributed by atoms with Gasteiger partial charge in [0.25, 0.3) is 0 Å². The highest BCUT2D eigenvalue weighted by molar-refractivity contribution is 5.17. The van der Waals surface area contributed by atoms with Gasteiger partial charge in [0, 0.05) is 11.9 Å². The fourth-order valence-electron chi connectivity index (χ4n) is 1.42. The summed E-state index contributed by atoms with van der Waals surface area (Å²) < 4.78 is 0. The number of rotatable bonds is 4. The van der Waals surface area contributed by atoms with E-state index in [0.29, 0.717) is 0 Å². The van der Waals surface area contributed by atoms with Crippen LogP contribution in [0.15, 0.2) is 6.20 Å². The predicted molar refractivity (Wildman–Crippen MR) is 66.1 cm³/mol. The van der Waals surface area contributed by atoms with Crippen molar-refractivity contribution < 1.29 is 0 Å². The highest BCUT2D eigenvalue weighted by atomic mass is 14.9. The Morgan fingerprint density at radius 2 is 1.87 bits per heavy atom. The smallest absolute Gasteiger partial charge is 0.125 e. The summed E-state index contributed by atoms with van der Waals surface area (Å²) in [4.78, 5) is 8.66. The monoisotopic (exact) mass is 208 g/mol. The van der Waals surface area contributed by atoms with Crippen LogP contribution in [0, 0.1) is 6.92 Å². The number of unbranched alkanes of at least 4 members (excludes halogenated alkanes) is 1. The first kappa shape index (κ1) is 14.1. The summed E-state index contributed by atoms with van der Waals surface area (Å²) in [5.74, 6) is 0.886. The number of hydrogen-bond acceptors (Lipinski definition) is 2. The van der Waals surface area contributed by atoms with Gasteiger partial charge in [0.2, 0.25) is 0 Å². The van der Waals surface area contributed by atoms with Gasteiger partial charge in [-0.15, -0.1) is 0 Å². The molecule has 1 rings (SSSR count). The maximum atomic E-state index is 4.43. The lowest BCUT2D eigenvalue weighted by Crippen LogP contribution is -2.00. The van der Waals surface area contributed by atoms with Gasteiger partial charge in [-0.2, -0.15) is 0 Å². The van der Waals surface area contributed by atoms with Crippen molar-refractivity contribution in [2.24, 2.45) is 0 Å². The normalized spacial score (nSPS) is 9.40. The van der Waals surface area contributed by atoms with E-state index in [0.717, 1.165) is 18.7 Å². The number of aromatic nitrogens is 2. The Kier molecular flexibility index (Phi) is 7.88. The van der Waals surface area contributed by atoms with E-state index >= 15 is 0 Å².